The summed E-state index contributed by atoms with van der Waals surface area (Å²) in [4.78, 5) is 34.4. The average molecular weight is 283 g/mol. The maximum absolute atomic E-state index is 12.7. The second-order valence-electron chi connectivity index (χ2n) is 6.41. The summed E-state index contributed by atoms with van der Waals surface area (Å²) < 4.78 is 0. The van der Waals surface area contributed by atoms with Crippen LogP contribution in [0.2, 0.25) is 0 Å². The van der Waals surface area contributed by atoms with Gasteiger partial charge in [-0.05, 0) is 30.1 Å². The Morgan fingerprint density at radius 1 is 1.00 bits per heavy atom. The van der Waals surface area contributed by atoms with Crippen LogP contribution < -0.4 is 4.90 Å². The van der Waals surface area contributed by atoms with Crippen LogP contribution in [0.15, 0.2) is 24.5 Å². The average Bonchev–Trinajstić information content (AvgIpc) is 3.26. The van der Waals surface area contributed by atoms with Crippen molar-refractivity contribution in [2.45, 2.75) is 6.42 Å². The number of hydrogen-bond acceptors (Lipinski definition) is 5. The highest BCUT2D eigenvalue weighted by Crippen LogP contribution is 2.65. The Bertz CT molecular complexity index is 663. The van der Waals surface area contributed by atoms with Gasteiger partial charge in [-0.25, -0.2) is 14.9 Å². The molecule has 1 aliphatic heterocycles. The Kier molecular flexibility index (Phi) is 1.90. The normalized spacial score (nSPS) is 42.2. The molecule has 1 saturated heterocycles. The van der Waals surface area contributed by atoms with E-state index < -0.39 is 0 Å². The van der Waals surface area contributed by atoms with Gasteiger partial charge in [-0.15, -0.1) is 0 Å². The molecule has 4 aliphatic carbocycles. The van der Waals surface area contributed by atoms with E-state index in [4.69, 9.17) is 0 Å². The van der Waals surface area contributed by atoms with Crippen molar-refractivity contribution in [2.24, 2.45) is 35.5 Å². The fraction of sp³-hybridized carbons (Fsp3) is 0.467. The van der Waals surface area contributed by atoms with Crippen LogP contribution in [0.1, 0.15) is 6.42 Å². The monoisotopic (exact) mass is 283 g/mol. The number of aromatic nitrogens is 2. The first-order chi connectivity index (χ1) is 10.2. The van der Waals surface area contributed by atoms with E-state index in [0.29, 0.717) is 11.8 Å². The number of carbonyl (C=O) groups is 2. The lowest BCUT2D eigenvalue weighted by molar-refractivity contribution is -0.124. The zero-order chi connectivity index (χ0) is 14.3. The van der Waals surface area contributed by atoms with E-state index in [1.54, 1.807) is 0 Å². The van der Waals surface area contributed by atoms with Gasteiger partial charge in [0, 0.05) is 0 Å². The molecule has 6 atom stereocenters. The first kappa shape index (κ1) is 11.4. The van der Waals surface area contributed by atoms with Crippen LogP contribution in [0.5, 0.6) is 5.75 Å². The predicted octanol–water partition coefficient (Wildman–Crippen LogP) is 0.740. The summed E-state index contributed by atoms with van der Waals surface area (Å²) in [7, 11) is 0. The summed E-state index contributed by atoms with van der Waals surface area (Å²) >= 11 is 0. The van der Waals surface area contributed by atoms with Crippen LogP contribution in [-0.4, -0.2) is 26.9 Å². The van der Waals surface area contributed by atoms with E-state index in [9.17, 15) is 14.7 Å². The lowest BCUT2D eigenvalue weighted by atomic mass is 9.63. The van der Waals surface area contributed by atoms with Crippen LogP contribution in [0.25, 0.3) is 0 Å². The SMILES string of the molecule is O=C1[C@@H]2[C@@H]3C=C[C@@H]([C@H]4C[C@@H]34)[C@@H]2C(=O)N1c1ncc(O)cn1. The van der Waals surface area contributed by atoms with Gasteiger partial charge in [0.1, 0.15) is 0 Å². The largest absolute Gasteiger partial charge is 0.505 e. The molecule has 0 spiro atoms. The van der Waals surface area contributed by atoms with Gasteiger partial charge in [0.15, 0.2) is 5.75 Å². The highest BCUT2D eigenvalue weighted by atomic mass is 16.3. The number of anilines is 1. The van der Waals surface area contributed by atoms with Crippen molar-refractivity contribution in [2.75, 3.05) is 4.90 Å². The van der Waals surface area contributed by atoms with Gasteiger partial charge in [-0.2, -0.15) is 0 Å². The molecule has 3 fully saturated rings. The van der Waals surface area contributed by atoms with Crippen molar-refractivity contribution in [1.29, 1.82) is 0 Å². The lowest BCUT2D eigenvalue weighted by Gasteiger charge is -2.37. The van der Waals surface area contributed by atoms with Crippen LogP contribution in [0.4, 0.5) is 5.95 Å². The van der Waals surface area contributed by atoms with Crippen molar-refractivity contribution in [1.82, 2.24) is 9.97 Å². The molecule has 6 heteroatoms. The molecule has 6 nitrogen and oxygen atoms in total. The number of hydrogen-bond donors (Lipinski definition) is 1. The van der Waals surface area contributed by atoms with Gasteiger partial charge >= 0.3 is 0 Å². The molecular formula is C15H13N3O3. The minimum absolute atomic E-state index is 0.0743. The van der Waals surface area contributed by atoms with Gasteiger partial charge in [0.2, 0.25) is 17.8 Å². The standard InChI is InChI=1S/C15H13N3O3/c19-6-4-16-15(17-5-6)18-13(20)11-7-1-2-8(10-3-9(7)10)12(11)14(18)21/h1-2,4-5,7-12,19H,3H2/t7-,8+,9+,10-,11-,12+. The molecule has 21 heavy (non-hydrogen) atoms. The van der Waals surface area contributed by atoms with Crippen molar-refractivity contribution in [3.8, 4) is 5.75 Å². The zero-order valence-corrected chi connectivity index (χ0v) is 11.1. The molecule has 1 N–H and O–H groups in total. The number of carbonyl (C=O) groups excluding carboxylic acids is 2. The fourth-order valence-electron chi connectivity index (χ4n) is 4.58. The van der Waals surface area contributed by atoms with Crippen molar-refractivity contribution < 1.29 is 14.7 Å². The number of aromatic hydroxyl groups is 1. The molecule has 0 aromatic carbocycles. The number of nitrogens with zero attached hydrogens (tertiary/aromatic N) is 3. The second kappa shape index (κ2) is 3.50. The van der Waals surface area contributed by atoms with Gasteiger partial charge < -0.3 is 5.11 Å². The Labute approximate surface area is 120 Å². The molecular weight excluding hydrogens is 270 g/mol. The third kappa shape index (κ3) is 1.28. The predicted molar refractivity (Wildman–Crippen MR) is 70.9 cm³/mol. The smallest absolute Gasteiger partial charge is 0.240 e. The molecule has 2 saturated carbocycles. The summed E-state index contributed by atoms with van der Waals surface area (Å²) in [5, 5.41) is 9.25. The van der Waals surface area contributed by atoms with Gasteiger partial charge in [-0.3, -0.25) is 9.59 Å². The maximum atomic E-state index is 12.7. The molecule has 0 radical (unpaired) electrons. The van der Waals surface area contributed by atoms with E-state index >= 15 is 0 Å². The van der Waals surface area contributed by atoms with Gasteiger partial charge in [0.25, 0.3) is 0 Å². The summed E-state index contributed by atoms with van der Waals surface area (Å²) in [5.41, 5.74) is 0. The third-order valence-corrected chi connectivity index (χ3v) is 5.49. The number of allylic oxidation sites excluding steroid dienone is 2. The molecule has 2 bridgehead atoms. The Morgan fingerprint density at radius 3 is 2.05 bits per heavy atom. The lowest BCUT2D eigenvalue weighted by Crippen LogP contribution is -2.40. The quantitative estimate of drug-likeness (QED) is 0.607. The van der Waals surface area contributed by atoms with Crippen LogP contribution in [-0.2, 0) is 9.59 Å². The second-order valence-corrected chi connectivity index (χ2v) is 6.41. The van der Waals surface area contributed by atoms with Crippen molar-refractivity contribution in [3.05, 3.63) is 24.5 Å². The first-order valence-corrected chi connectivity index (χ1v) is 7.24. The summed E-state index contributed by atoms with van der Waals surface area (Å²) in [6, 6.07) is 0. The number of amides is 2. The third-order valence-electron chi connectivity index (χ3n) is 5.49. The molecule has 6 rings (SSSR count). The molecule has 106 valence electrons. The Morgan fingerprint density at radius 2 is 1.52 bits per heavy atom. The van der Waals surface area contributed by atoms with Crippen LogP contribution >= 0.6 is 0 Å². The highest BCUT2D eigenvalue weighted by Gasteiger charge is 2.67. The Hall–Kier alpha value is -2.24. The fourth-order valence-corrected chi connectivity index (χ4v) is 4.58. The number of imide groups is 1. The molecule has 1 aromatic rings. The van der Waals surface area contributed by atoms with Crippen LogP contribution in [0.3, 0.4) is 0 Å². The highest BCUT2D eigenvalue weighted by molar-refractivity contribution is 6.21. The molecule has 5 aliphatic rings. The summed E-state index contributed by atoms with van der Waals surface area (Å²) in [6.45, 7) is 0. The minimum Gasteiger partial charge on any atom is -0.505 e. The van der Waals surface area contributed by atoms with E-state index in [1.165, 1.54) is 12.4 Å². The Balaban J connectivity index is 1.58. The molecule has 0 unspecified atom stereocenters. The molecule has 2 amide bonds. The van der Waals surface area contributed by atoms with E-state index in [1.807, 2.05) is 0 Å². The molecule has 2 heterocycles. The van der Waals surface area contributed by atoms with E-state index in [0.717, 1.165) is 11.3 Å². The van der Waals surface area contributed by atoms with Gasteiger partial charge in [-0.1, -0.05) is 12.2 Å². The summed E-state index contributed by atoms with van der Waals surface area (Å²) in [5.74, 6) is 0.705. The first-order valence-electron chi connectivity index (χ1n) is 7.24. The topological polar surface area (TPSA) is 83.4 Å². The van der Waals surface area contributed by atoms with Gasteiger partial charge in [0.05, 0.1) is 24.2 Å². The van der Waals surface area contributed by atoms with Crippen LogP contribution in [0, 0.1) is 35.5 Å². The maximum Gasteiger partial charge on any atom is 0.240 e. The van der Waals surface area contributed by atoms with Crippen molar-refractivity contribution in [3.63, 3.8) is 0 Å². The van der Waals surface area contributed by atoms with E-state index in [2.05, 4.69) is 22.1 Å². The minimum atomic E-state index is -0.242. The van der Waals surface area contributed by atoms with E-state index in [-0.39, 0.29) is 47.2 Å². The molecule has 1 aromatic heterocycles. The van der Waals surface area contributed by atoms with Crippen molar-refractivity contribution >= 4 is 17.8 Å². The zero-order valence-electron chi connectivity index (χ0n) is 11.1. The summed E-state index contributed by atoms with van der Waals surface area (Å²) in [6.07, 6.45) is 7.81. The number of rotatable bonds is 1.